The van der Waals surface area contributed by atoms with Crippen molar-refractivity contribution in [2.45, 2.75) is 6.54 Å². The van der Waals surface area contributed by atoms with Gasteiger partial charge >= 0.3 is 0 Å². The first-order valence-corrected chi connectivity index (χ1v) is 6.05. The maximum Gasteiger partial charge on any atom is 0.182 e. The maximum absolute atomic E-state index is 11.7. The van der Waals surface area contributed by atoms with Crippen LogP contribution in [0.25, 0.3) is 0 Å². The molecule has 0 amide bonds. The second kappa shape index (κ2) is 8.21. The monoisotopic (exact) mass is 288 g/mol. The van der Waals surface area contributed by atoms with Crippen LogP contribution in [0.5, 0.6) is 11.5 Å². The molecule has 0 aliphatic carbocycles. The molecule has 6 heteroatoms. The van der Waals surface area contributed by atoms with E-state index in [1.54, 1.807) is 36.4 Å². The average Bonchev–Trinajstić information content (AvgIpc) is 2.45. The van der Waals surface area contributed by atoms with Crippen LogP contribution in [0.1, 0.15) is 11.1 Å². The number of phenolic OH excluding ortho intramolecular Hbond substituents is 2. The van der Waals surface area contributed by atoms with E-state index < -0.39 is 0 Å². The van der Waals surface area contributed by atoms with Crippen LogP contribution >= 0.6 is 0 Å². The van der Waals surface area contributed by atoms with Crippen molar-refractivity contribution in [3.8, 4) is 11.5 Å². The first kappa shape index (κ1) is 16.0. The Kier molecular flexibility index (Phi) is 6.27. The Morgan fingerprint density at radius 3 is 1.90 bits per heavy atom. The minimum absolute atomic E-state index is 0.170. The van der Waals surface area contributed by atoms with Crippen LogP contribution in [-0.2, 0) is 6.54 Å². The van der Waals surface area contributed by atoms with E-state index in [2.05, 4.69) is 6.72 Å². The largest absolute Gasteiger partial charge is 0.626 e. The molecule has 6 nitrogen and oxygen atoms in total. The molecule has 0 spiro atoms. The summed E-state index contributed by atoms with van der Waals surface area (Å²) in [7, 11) is 0. The third kappa shape index (κ3) is 6.11. The third-order valence-corrected chi connectivity index (χ3v) is 2.46. The fourth-order valence-electron chi connectivity index (χ4n) is 1.55. The number of nitrogens with one attached hydrogen (secondary N) is 1. The summed E-state index contributed by atoms with van der Waals surface area (Å²) < 4.78 is 0.804. The van der Waals surface area contributed by atoms with Gasteiger partial charge in [0.2, 0.25) is 0 Å². The van der Waals surface area contributed by atoms with Crippen molar-refractivity contribution >= 4 is 12.9 Å². The van der Waals surface area contributed by atoms with Crippen LogP contribution in [0.4, 0.5) is 0 Å². The zero-order valence-corrected chi connectivity index (χ0v) is 11.3. The Labute approximate surface area is 122 Å². The van der Waals surface area contributed by atoms with E-state index in [1.807, 2.05) is 0 Å². The fourth-order valence-corrected chi connectivity index (χ4v) is 1.55. The summed E-state index contributed by atoms with van der Waals surface area (Å²) in [6.45, 7) is 2.89. The van der Waals surface area contributed by atoms with Crippen LogP contribution in [0.2, 0.25) is 0 Å². The maximum atomic E-state index is 11.7. The number of aromatic hydroxyl groups is 2. The normalized spacial score (nSPS) is 10.4. The highest BCUT2D eigenvalue weighted by atomic mass is 16.5. The summed E-state index contributed by atoms with van der Waals surface area (Å²) in [6.07, 6.45) is 1.45. The Hall–Kier alpha value is -3.02. The quantitative estimate of drug-likeness (QED) is 0.331. The smallest absolute Gasteiger partial charge is 0.182 e. The van der Waals surface area contributed by atoms with Gasteiger partial charge in [0.25, 0.3) is 0 Å². The second-order valence-electron chi connectivity index (χ2n) is 4.11. The lowest BCUT2D eigenvalue weighted by Gasteiger charge is -2.04. The molecular weight excluding hydrogens is 272 g/mol. The van der Waals surface area contributed by atoms with E-state index in [-0.39, 0.29) is 18.0 Å². The molecule has 0 saturated carbocycles. The first-order chi connectivity index (χ1) is 10.0. The van der Waals surface area contributed by atoms with Crippen LogP contribution in [-0.4, -0.2) is 27.9 Å². The topological polar surface area (TPSA) is 104 Å². The molecule has 0 aliphatic rings. The molecule has 2 rings (SSSR count). The van der Waals surface area contributed by atoms with Gasteiger partial charge in [0.1, 0.15) is 18.2 Å². The van der Waals surface area contributed by atoms with Crippen LogP contribution in [0.3, 0.4) is 0 Å². The molecule has 2 aromatic carbocycles. The lowest BCUT2D eigenvalue weighted by Crippen LogP contribution is -2.56. The number of nitrogens with zero attached hydrogens (tertiary/aromatic N) is 1. The standard InChI is InChI=1S/C14H13NO3.CH3NO/c16-13-5-1-11(2-6-13)9-15(18)10-12-3-7-14(17)8-4-12;1-2-3/h1-9,16-17H,10H2;2H,1H2/b15-9+;. The second-order valence-corrected chi connectivity index (χ2v) is 4.11. The molecule has 0 saturated heterocycles. The van der Waals surface area contributed by atoms with Gasteiger partial charge in [-0.3, -0.25) is 0 Å². The summed E-state index contributed by atoms with van der Waals surface area (Å²) >= 11 is 0. The summed E-state index contributed by atoms with van der Waals surface area (Å²) in [6, 6.07) is 12.9. The van der Waals surface area contributed by atoms with Gasteiger partial charge in [-0.1, -0.05) is 0 Å². The molecule has 0 unspecified atom stereocenters. The Bertz CT molecular complexity index is 592. The predicted octanol–water partition coefficient (Wildman–Crippen LogP) is 0.493. The van der Waals surface area contributed by atoms with Crippen molar-refractivity contribution in [2.24, 2.45) is 0 Å². The number of phenols is 2. The van der Waals surface area contributed by atoms with Gasteiger partial charge in [0, 0.05) is 11.1 Å². The van der Waals surface area contributed by atoms with E-state index in [0.29, 0.717) is 0 Å². The molecule has 3 N–H and O–H groups in total. The van der Waals surface area contributed by atoms with Gasteiger partial charge in [-0.05, 0) is 48.5 Å². The van der Waals surface area contributed by atoms with Crippen molar-refractivity contribution in [1.29, 1.82) is 0 Å². The zero-order chi connectivity index (χ0) is 15.7. The molecule has 0 aliphatic heterocycles. The van der Waals surface area contributed by atoms with E-state index in [9.17, 15) is 5.21 Å². The van der Waals surface area contributed by atoms with Gasteiger partial charge in [0.15, 0.2) is 12.8 Å². The van der Waals surface area contributed by atoms with Gasteiger partial charge in [0.05, 0.1) is 0 Å². The van der Waals surface area contributed by atoms with Crippen LogP contribution in [0, 0.1) is 10.4 Å². The lowest BCUT2D eigenvalue weighted by atomic mass is 10.2. The minimum atomic E-state index is 0.170. The zero-order valence-electron chi connectivity index (χ0n) is 11.3. The summed E-state index contributed by atoms with van der Waals surface area (Å²) in [5, 5.41) is 39.8. The number of hydrogen-bond acceptors (Lipinski definition) is 4. The fraction of sp³-hybridized carbons (Fsp3) is 0.0667. The average molecular weight is 288 g/mol. The van der Waals surface area contributed by atoms with E-state index in [1.165, 1.54) is 23.5 Å². The van der Waals surface area contributed by atoms with Crippen LogP contribution in [0.15, 0.2) is 48.5 Å². The molecule has 0 radical (unpaired) electrons. The molecule has 110 valence electrons. The molecule has 21 heavy (non-hydrogen) atoms. The van der Waals surface area contributed by atoms with Gasteiger partial charge < -0.3 is 20.6 Å². The number of hydrogen-bond donors (Lipinski definition) is 3. The highest BCUT2D eigenvalue weighted by Gasteiger charge is 2.00. The SMILES string of the molecule is C=[NH+][O-].[O-]/[N+](=C/c1ccc(O)cc1)Cc1ccc(O)cc1. The van der Waals surface area contributed by atoms with Gasteiger partial charge in [-0.15, -0.1) is 0 Å². The number of hydroxylamine groups is 1. The highest BCUT2D eigenvalue weighted by molar-refractivity contribution is 5.75. The minimum Gasteiger partial charge on any atom is -0.626 e. The highest BCUT2D eigenvalue weighted by Crippen LogP contribution is 2.11. The van der Waals surface area contributed by atoms with Crippen molar-refractivity contribution in [3.63, 3.8) is 0 Å². The molecule has 0 aromatic heterocycles. The molecule has 0 bridgehead atoms. The Morgan fingerprint density at radius 1 is 1.00 bits per heavy atom. The molecule has 2 aromatic rings. The van der Waals surface area contributed by atoms with Crippen molar-refractivity contribution in [1.82, 2.24) is 0 Å². The van der Waals surface area contributed by atoms with Crippen molar-refractivity contribution < 1.29 is 20.1 Å². The van der Waals surface area contributed by atoms with Crippen molar-refractivity contribution in [3.05, 3.63) is 70.1 Å². The Balaban J connectivity index is 0.000000677. The van der Waals surface area contributed by atoms with Gasteiger partial charge in [-0.25, -0.2) is 9.89 Å². The summed E-state index contributed by atoms with van der Waals surface area (Å²) in [4.78, 5) is 0. The Morgan fingerprint density at radius 2 is 1.43 bits per heavy atom. The molecular formula is C15H16N2O4. The molecule has 0 heterocycles. The molecule has 0 atom stereocenters. The molecule has 0 fully saturated rings. The van der Waals surface area contributed by atoms with E-state index in [0.717, 1.165) is 15.9 Å². The summed E-state index contributed by atoms with van der Waals surface area (Å²) in [5.74, 6) is 0.349. The lowest BCUT2D eigenvalue weighted by molar-refractivity contribution is -0.469. The third-order valence-electron chi connectivity index (χ3n) is 2.46. The predicted molar refractivity (Wildman–Crippen MR) is 80.2 cm³/mol. The van der Waals surface area contributed by atoms with Crippen molar-refractivity contribution in [2.75, 3.05) is 0 Å². The van der Waals surface area contributed by atoms with E-state index >= 15 is 0 Å². The summed E-state index contributed by atoms with van der Waals surface area (Å²) in [5.41, 5.74) is 1.54. The van der Waals surface area contributed by atoms with E-state index in [4.69, 9.17) is 15.4 Å². The number of rotatable bonds is 3. The first-order valence-electron chi connectivity index (χ1n) is 6.05. The van der Waals surface area contributed by atoms with Crippen LogP contribution < -0.4 is 5.16 Å². The number of benzene rings is 2. The van der Waals surface area contributed by atoms with Gasteiger partial charge in [-0.2, -0.15) is 0 Å².